The third-order valence-corrected chi connectivity index (χ3v) is 3.21. The minimum atomic E-state index is -0.412. The van der Waals surface area contributed by atoms with Crippen LogP contribution in [0.4, 0.5) is 5.69 Å². The van der Waals surface area contributed by atoms with Crippen molar-refractivity contribution in [1.29, 1.82) is 5.26 Å². The lowest BCUT2D eigenvalue weighted by molar-refractivity contribution is -0.385. The molecule has 6 heteroatoms. The molecule has 0 heterocycles. The van der Waals surface area contributed by atoms with Gasteiger partial charge in [0, 0.05) is 24.1 Å². The van der Waals surface area contributed by atoms with Crippen LogP contribution in [0.15, 0.2) is 18.2 Å². The summed E-state index contributed by atoms with van der Waals surface area (Å²) in [6.07, 6.45) is 2.88. The molecule has 0 aromatic heterocycles. The number of nitro groups is 1. The SMILES string of the molecule is Cc1cc(OCCC(C#N)NC2CC2)ccc1[N+](=O)[O-]. The Hall–Kier alpha value is -2.13. The number of benzene rings is 1. The van der Waals surface area contributed by atoms with Crippen LogP contribution in [-0.2, 0) is 0 Å². The van der Waals surface area contributed by atoms with E-state index in [-0.39, 0.29) is 11.7 Å². The average Bonchev–Trinajstić information content (AvgIpc) is 3.21. The summed E-state index contributed by atoms with van der Waals surface area (Å²) in [5.41, 5.74) is 0.656. The van der Waals surface area contributed by atoms with Crippen LogP contribution in [0.5, 0.6) is 5.75 Å². The van der Waals surface area contributed by atoms with Crippen molar-refractivity contribution in [2.45, 2.75) is 38.3 Å². The van der Waals surface area contributed by atoms with Gasteiger partial charge in [-0.1, -0.05) is 0 Å². The van der Waals surface area contributed by atoms with E-state index in [2.05, 4.69) is 11.4 Å². The zero-order valence-corrected chi connectivity index (χ0v) is 11.3. The maximum Gasteiger partial charge on any atom is 0.272 e. The van der Waals surface area contributed by atoms with Crippen LogP contribution in [0.1, 0.15) is 24.8 Å². The predicted octanol–water partition coefficient (Wildman–Crippen LogP) is 2.32. The molecule has 6 nitrogen and oxygen atoms in total. The molecule has 1 aliphatic rings. The molecule has 20 heavy (non-hydrogen) atoms. The van der Waals surface area contributed by atoms with Gasteiger partial charge in [0.15, 0.2) is 0 Å². The standard InChI is InChI=1S/C14H17N3O3/c1-10-8-13(4-5-14(10)17(18)19)20-7-6-12(9-15)16-11-2-3-11/h4-5,8,11-12,16H,2-3,6-7H2,1H3. The second-order valence-electron chi connectivity index (χ2n) is 4.97. The van der Waals surface area contributed by atoms with E-state index in [1.807, 2.05) is 0 Å². The Balaban J connectivity index is 1.82. The molecule has 1 fully saturated rings. The number of nitrogens with one attached hydrogen (secondary N) is 1. The molecule has 1 aromatic carbocycles. The minimum absolute atomic E-state index is 0.0858. The molecule has 106 valence electrons. The molecule has 1 aromatic rings. The summed E-state index contributed by atoms with van der Waals surface area (Å²) in [6, 6.07) is 7.18. The van der Waals surface area contributed by atoms with Crippen LogP contribution in [-0.4, -0.2) is 23.6 Å². The van der Waals surface area contributed by atoms with Gasteiger partial charge in [0.2, 0.25) is 0 Å². The number of ether oxygens (including phenoxy) is 1. The lowest BCUT2D eigenvalue weighted by atomic mass is 10.2. The molecule has 0 saturated heterocycles. The third-order valence-electron chi connectivity index (χ3n) is 3.21. The summed E-state index contributed by atoms with van der Waals surface area (Å²) >= 11 is 0. The van der Waals surface area contributed by atoms with Gasteiger partial charge in [0.05, 0.1) is 23.6 Å². The molecule has 1 unspecified atom stereocenters. The molecular formula is C14H17N3O3. The van der Waals surface area contributed by atoms with Crippen LogP contribution in [0.3, 0.4) is 0 Å². The molecule has 0 aliphatic heterocycles. The van der Waals surface area contributed by atoms with Gasteiger partial charge in [-0.15, -0.1) is 0 Å². The highest BCUT2D eigenvalue weighted by atomic mass is 16.6. The number of nitro benzene ring substituents is 1. The van der Waals surface area contributed by atoms with Gasteiger partial charge in [-0.2, -0.15) is 5.26 Å². The largest absolute Gasteiger partial charge is 0.493 e. The normalized spacial score (nSPS) is 15.4. The van der Waals surface area contributed by atoms with Crippen molar-refractivity contribution in [2.24, 2.45) is 0 Å². The van der Waals surface area contributed by atoms with Gasteiger partial charge in [-0.25, -0.2) is 0 Å². The summed E-state index contributed by atoms with van der Waals surface area (Å²) in [4.78, 5) is 10.3. The maximum atomic E-state index is 10.7. The Kier molecular flexibility index (Phi) is 4.53. The van der Waals surface area contributed by atoms with Crippen molar-refractivity contribution in [3.05, 3.63) is 33.9 Å². The van der Waals surface area contributed by atoms with E-state index >= 15 is 0 Å². The van der Waals surface area contributed by atoms with Gasteiger partial charge >= 0.3 is 0 Å². The van der Waals surface area contributed by atoms with E-state index in [0.717, 1.165) is 12.8 Å². The minimum Gasteiger partial charge on any atom is -0.493 e. The van der Waals surface area contributed by atoms with Crippen molar-refractivity contribution in [1.82, 2.24) is 5.32 Å². The number of hydrogen-bond acceptors (Lipinski definition) is 5. The van der Waals surface area contributed by atoms with E-state index in [1.54, 1.807) is 19.1 Å². The highest BCUT2D eigenvalue weighted by Crippen LogP contribution is 2.23. The topological polar surface area (TPSA) is 88.2 Å². The van der Waals surface area contributed by atoms with Crippen molar-refractivity contribution in [3.63, 3.8) is 0 Å². The lowest BCUT2D eigenvalue weighted by Gasteiger charge is -2.12. The van der Waals surface area contributed by atoms with Gasteiger partial charge in [-0.05, 0) is 31.9 Å². The van der Waals surface area contributed by atoms with Crippen LogP contribution in [0.25, 0.3) is 0 Å². The molecule has 0 spiro atoms. The monoisotopic (exact) mass is 275 g/mol. The Morgan fingerprint density at radius 3 is 2.90 bits per heavy atom. The summed E-state index contributed by atoms with van der Waals surface area (Å²) < 4.78 is 5.54. The first-order valence-corrected chi connectivity index (χ1v) is 6.63. The Morgan fingerprint density at radius 1 is 1.60 bits per heavy atom. The summed E-state index contributed by atoms with van der Waals surface area (Å²) in [7, 11) is 0. The highest BCUT2D eigenvalue weighted by Gasteiger charge is 2.24. The fourth-order valence-corrected chi connectivity index (χ4v) is 1.94. The second kappa shape index (κ2) is 6.35. The number of nitrogens with zero attached hydrogens (tertiary/aromatic N) is 2. The summed E-state index contributed by atoms with van der Waals surface area (Å²) in [5.74, 6) is 0.594. The first-order valence-electron chi connectivity index (χ1n) is 6.63. The predicted molar refractivity (Wildman–Crippen MR) is 73.5 cm³/mol. The molecule has 0 radical (unpaired) electrons. The fourth-order valence-electron chi connectivity index (χ4n) is 1.94. The zero-order valence-electron chi connectivity index (χ0n) is 11.3. The van der Waals surface area contributed by atoms with E-state index in [9.17, 15) is 10.1 Å². The van der Waals surface area contributed by atoms with Crippen molar-refractivity contribution >= 4 is 5.69 Å². The molecule has 0 amide bonds. The van der Waals surface area contributed by atoms with Gasteiger partial charge in [-0.3, -0.25) is 15.4 Å². The van der Waals surface area contributed by atoms with E-state index < -0.39 is 4.92 Å². The molecule has 1 N–H and O–H groups in total. The van der Waals surface area contributed by atoms with Gasteiger partial charge in [0.1, 0.15) is 5.75 Å². The van der Waals surface area contributed by atoms with E-state index in [0.29, 0.717) is 30.4 Å². The first-order chi connectivity index (χ1) is 9.60. The fraction of sp³-hybridized carbons (Fsp3) is 0.500. The van der Waals surface area contributed by atoms with Crippen molar-refractivity contribution < 1.29 is 9.66 Å². The quantitative estimate of drug-likeness (QED) is 0.609. The van der Waals surface area contributed by atoms with Crippen molar-refractivity contribution in [2.75, 3.05) is 6.61 Å². The number of rotatable bonds is 7. The highest BCUT2D eigenvalue weighted by molar-refractivity contribution is 5.44. The Bertz CT molecular complexity index is 535. The van der Waals surface area contributed by atoms with Crippen molar-refractivity contribution in [3.8, 4) is 11.8 Å². The van der Waals surface area contributed by atoms with Crippen LogP contribution >= 0.6 is 0 Å². The number of aryl methyl sites for hydroxylation is 1. The van der Waals surface area contributed by atoms with E-state index in [1.165, 1.54) is 6.07 Å². The van der Waals surface area contributed by atoms with Crippen LogP contribution in [0, 0.1) is 28.4 Å². The molecular weight excluding hydrogens is 258 g/mol. The maximum absolute atomic E-state index is 10.7. The second-order valence-corrected chi connectivity index (χ2v) is 4.97. The number of hydrogen-bond donors (Lipinski definition) is 1. The molecule has 0 bridgehead atoms. The molecule has 2 rings (SSSR count). The zero-order chi connectivity index (χ0) is 14.5. The average molecular weight is 275 g/mol. The Labute approximate surface area is 117 Å². The Morgan fingerprint density at radius 2 is 2.35 bits per heavy atom. The summed E-state index contributed by atoms with van der Waals surface area (Å²) in [6.45, 7) is 2.09. The number of nitriles is 1. The summed E-state index contributed by atoms with van der Waals surface area (Å²) in [5, 5.41) is 22.9. The lowest BCUT2D eigenvalue weighted by Crippen LogP contribution is -2.31. The van der Waals surface area contributed by atoms with Gasteiger partial charge in [0.25, 0.3) is 5.69 Å². The van der Waals surface area contributed by atoms with Crippen LogP contribution in [0.2, 0.25) is 0 Å². The first kappa shape index (κ1) is 14.3. The van der Waals surface area contributed by atoms with Crippen LogP contribution < -0.4 is 10.1 Å². The smallest absolute Gasteiger partial charge is 0.272 e. The third kappa shape index (κ3) is 3.93. The van der Waals surface area contributed by atoms with Gasteiger partial charge < -0.3 is 4.74 Å². The molecule has 1 saturated carbocycles. The molecule has 1 aliphatic carbocycles. The molecule has 1 atom stereocenters. The van der Waals surface area contributed by atoms with E-state index in [4.69, 9.17) is 10.00 Å².